The summed E-state index contributed by atoms with van der Waals surface area (Å²) in [4.78, 5) is 30.5. The molecule has 230 valence electrons. The molecular formula is C34H45N5O4. The molecule has 2 amide bonds. The maximum atomic E-state index is 13.6. The second kappa shape index (κ2) is 13.6. The minimum Gasteiger partial charge on any atom is -0.496 e. The predicted octanol–water partition coefficient (Wildman–Crippen LogP) is 5.64. The molecule has 2 aliphatic heterocycles. The topological polar surface area (TPSA) is 88.9 Å². The Morgan fingerprint density at radius 2 is 1.60 bits per heavy atom. The number of carbonyl (C=O) groups is 2. The molecule has 0 radical (unpaired) electrons. The van der Waals surface area contributed by atoms with Gasteiger partial charge >= 0.3 is 6.09 Å². The molecule has 2 fully saturated rings. The third-order valence-electron chi connectivity index (χ3n) is 8.43. The quantitative estimate of drug-likeness (QED) is 0.367. The largest absolute Gasteiger partial charge is 0.496 e. The highest BCUT2D eigenvalue weighted by Gasteiger charge is 2.32. The lowest BCUT2D eigenvalue weighted by Crippen LogP contribution is -2.42. The summed E-state index contributed by atoms with van der Waals surface area (Å²) in [5.41, 5.74) is 3.13. The van der Waals surface area contributed by atoms with Gasteiger partial charge in [0.1, 0.15) is 11.4 Å². The second-order valence-electron chi connectivity index (χ2n) is 12.7. The van der Waals surface area contributed by atoms with Crippen molar-refractivity contribution in [2.24, 2.45) is 5.92 Å². The highest BCUT2D eigenvalue weighted by Crippen LogP contribution is 2.33. The first kappa shape index (κ1) is 30.6. The van der Waals surface area contributed by atoms with Crippen molar-refractivity contribution in [3.05, 3.63) is 77.6 Å². The average Bonchev–Trinajstić information content (AvgIpc) is 3.46. The Hall–Kier alpha value is -3.85. The van der Waals surface area contributed by atoms with Crippen molar-refractivity contribution < 1.29 is 19.1 Å². The molecule has 2 saturated heterocycles. The van der Waals surface area contributed by atoms with Crippen LogP contribution in [-0.2, 0) is 11.3 Å². The van der Waals surface area contributed by atoms with Crippen LogP contribution in [0, 0.1) is 5.92 Å². The fraction of sp³-hybridized carbons (Fsp3) is 0.500. The highest BCUT2D eigenvalue weighted by molar-refractivity contribution is 5.95. The number of nitrogens with zero attached hydrogens (tertiary/aromatic N) is 4. The van der Waals surface area contributed by atoms with E-state index in [1.54, 1.807) is 18.2 Å². The lowest BCUT2D eigenvalue weighted by Gasteiger charge is -2.34. The number of hydrogen-bond donors (Lipinski definition) is 1. The number of methoxy groups -OCH3 is 1. The number of para-hydroxylation sites is 2. The first-order chi connectivity index (χ1) is 20.7. The van der Waals surface area contributed by atoms with E-state index in [2.05, 4.69) is 27.4 Å². The summed E-state index contributed by atoms with van der Waals surface area (Å²) >= 11 is 0. The summed E-state index contributed by atoms with van der Waals surface area (Å²) in [7, 11) is 1.72. The molecule has 43 heavy (non-hydrogen) atoms. The summed E-state index contributed by atoms with van der Waals surface area (Å²) in [6.45, 7) is 10.3. The molecule has 9 heteroatoms. The van der Waals surface area contributed by atoms with Crippen LogP contribution in [0.15, 0.2) is 60.8 Å². The minimum absolute atomic E-state index is 0.0804. The number of likely N-dealkylation sites (tertiary alicyclic amines) is 2. The average molecular weight is 588 g/mol. The van der Waals surface area contributed by atoms with Gasteiger partial charge in [-0.25, -0.2) is 9.48 Å². The van der Waals surface area contributed by atoms with E-state index in [-0.39, 0.29) is 17.9 Å². The van der Waals surface area contributed by atoms with E-state index in [4.69, 9.17) is 9.47 Å². The van der Waals surface area contributed by atoms with Crippen molar-refractivity contribution in [1.82, 2.24) is 24.9 Å². The normalized spacial score (nSPS) is 17.1. The van der Waals surface area contributed by atoms with E-state index < -0.39 is 5.60 Å². The Morgan fingerprint density at radius 3 is 2.28 bits per heavy atom. The van der Waals surface area contributed by atoms with Gasteiger partial charge in [0, 0.05) is 37.7 Å². The van der Waals surface area contributed by atoms with E-state index in [1.807, 2.05) is 67.9 Å². The molecule has 0 spiro atoms. The van der Waals surface area contributed by atoms with Crippen LogP contribution in [-0.4, -0.2) is 77.0 Å². The number of piperidine rings is 2. The van der Waals surface area contributed by atoms with E-state index in [9.17, 15) is 9.59 Å². The Morgan fingerprint density at radius 1 is 0.930 bits per heavy atom. The van der Waals surface area contributed by atoms with Gasteiger partial charge in [0.25, 0.3) is 5.91 Å². The molecular weight excluding hydrogens is 542 g/mol. The number of ether oxygens (including phenoxy) is 2. The van der Waals surface area contributed by atoms with Crippen LogP contribution in [0.25, 0.3) is 5.69 Å². The Labute approximate surface area is 255 Å². The third-order valence-corrected chi connectivity index (χ3v) is 8.43. The molecule has 5 rings (SSSR count). The number of nitrogens with one attached hydrogen (secondary N) is 1. The molecule has 0 bridgehead atoms. The summed E-state index contributed by atoms with van der Waals surface area (Å²) in [5.74, 6) is 1.38. The maximum Gasteiger partial charge on any atom is 0.410 e. The summed E-state index contributed by atoms with van der Waals surface area (Å²) in [6, 6.07) is 18.1. The monoisotopic (exact) mass is 587 g/mol. The summed E-state index contributed by atoms with van der Waals surface area (Å²) < 4.78 is 13.0. The first-order valence-corrected chi connectivity index (χ1v) is 15.5. The molecule has 1 aromatic heterocycles. The van der Waals surface area contributed by atoms with Gasteiger partial charge < -0.3 is 19.7 Å². The molecule has 2 aromatic carbocycles. The van der Waals surface area contributed by atoms with Gasteiger partial charge in [-0.1, -0.05) is 36.4 Å². The van der Waals surface area contributed by atoms with Gasteiger partial charge in [0.05, 0.1) is 30.3 Å². The fourth-order valence-electron chi connectivity index (χ4n) is 6.12. The zero-order chi connectivity index (χ0) is 30.4. The molecule has 3 aromatic rings. The lowest BCUT2D eigenvalue weighted by molar-refractivity contribution is 0.0203. The van der Waals surface area contributed by atoms with E-state index in [1.165, 1.54) is 5.56 Å². The number of hydrogen-bond acceptors (Lipinski definition) is 6. The number of carbonyl (C=O) groups excluding carboxylic acids is 2. The van der Waals surface area contributed by atoms with Gasteiger partial charge in [-0.3, -0.25) is 9.69 Å². The number of rotatable bonds is 8. The molecule has 0 unspecified atom stereocenters. The number of aromatic nitrogens is 2. The molecule has 0 saturated carbocycles. The number of amides is 2. The van der Waals surface area contributed by atoms with Gasteiger partial charge in [0.2, 0.25) is 0 Å². The van der Waals surface area contributed by atoms with Crippen LogP contribution in [0.5, 0.6) is 5.75 Å². The molecule has 3 heterocycles. The van der Waals surface area contributed by atoms with Crippen LogP contribution in [0.4, 0.5) is 4.79 Å². The van der Waals surface area contributed by atoms with Gasteiger partial charge in [-0.15, -0.1) is 0 Å². The lowest BCUT2D eigenvalue weighted by atomic mass is 9.90. The molecule has 0 atom stereocenters. The SMILES string of the molecule is COc1ccccc1CN1CCC(CNC(=O)c2cnn(-c3ccccc3)c2C2CCN(C(=O)OC(C)(C)C)CC2)CC1. The van der Waals surface area contributed by atoms with E-state index in [0.717, 1.165) is 62.4 Å². The van der Waals surface area contributed by atoms with Crippen molar-refractivity contribution >= 4 is 12.0 Å². The zero-order valence-corrected chi connectivity index (χ0v) is 25.9. The van der Waals surface area contributed by atoms with Crippen LogP contribution in [0.2, 0.25) is 0 Å². The summed E-state index contributed by atoms with van der Waals surface area (Å²) in [6.07, 6.45) is 4.97. The summed E-state index contributed by atoms with van der Waals surface area (Å²) in [5, 5.41) is 7.91. The zero-order valence-electron chi connectivity index (χ0n) is 25.9. The van der Waals surface area contributed by atoms with Crippen LogP contribution < -0.4 is 10.1 Å². The van der Waals surface area contributed by atoms with Crippen molar-refractivity contribution in [3.63, 3.8) is 0 Å². The van der Waals surface area contributed by atoms with Gasteiger partial charge in [-0.05, 0) is 83.7 Å². The van der Waals surface area contributed by atoms with Crippen LogP contribution >= 0.6 is 0 Å². The van der Waals surface area contributed by atoms with Crippen molar-refractivity contribution in [1.29, 1.82) is 0 Å². The van der Waals surface area contributed by atoms with E-state index in [0.29, 0.717) is 31.1 Å². The Kier molecular flexibility index (Phi) is 9.70. The van der Waals surface area contributed by atoms with Gasteiger partial charge in [-0.2, -0.15) is 5.10 Å². The molecule has 1 N–H and O–H groups in total. The fourth-order valence-corrected chi connectivity index (χ4v) is 6.12. The molecule has 9 nitrogen and oxygen atoms in total. The van der Waals surface area contributed by atoms with Crippen molar-refractivity contribution in [2.75, 3.05) is 39.8 Å². The predicted molar refractivity (Wildman–Crippen MR) is 167 cm³/mol. The Balaban J connectivity index is 1.21. The Bertz CT molecular complexity index is 1370. The van der Waals surface area contributed by atoms with Crippen LogP contribution in [0.1, 0.15) is 74.0 Å². The maximum absolute atomic E-state index is 13.6. The standard InChI is InChI=1S/C34H45N5O4/c1-34(2,3)43-33(41)38-20-16-26(17-21-38)31-29(23-36-39(31)28-11-6-5-7-12-28)32(40)35-22-25-14-18-37(19-15-25)24-27-10-8-9-13-30(27)42-4/h5-13,23,25-26H,14-22,24H2,1-4H3,(H,35,40). The van der Waals surface area contributed by atoms with Crippen molar-refractivity contribution in [3.8, 4) is 11.4 Å². The van der Waals surface area contributed by atoms with Crippen LogP contribution in [0.3, 0.4) is 0 Å². The highest BCUT2D eigenvalue weighted by atomic mass is 16.6. The smallest absolute Gasteiger partial charge is 0.410 e. The minimum atomic E-state index is -0.531. The third kappa shape index (κ3) is 7.76. The molecule has 0 aliphatic carbocycles. The second-order valence-corrected chi connectivity index (χ2v) is 12.7. The number of benzene rings is 2. The van der Waals surface area contributed by atoms with Gasteiger partial charge in [0.15, 0.2) is 0 Å². The van der Waals surface area contributed by atoms with E-state index >= 15 is 0 Å². The first-order valence-electron chi connectivity index (χ1n) is 15.5. The van der Waals surface area contributed by atoms with Crippen molar-refractivity contribution in [2.45, 2.75) is 64.5 Å². The molecule has 2 aliphatic rings.